The minimum atomic E-state index is -4.18. The number of hydrogen-bond acceptors (Lipinski definition) is 2. The van der Waals surface area contributed by atoms with Gasteiger partial charge in [0.2, 0.25) is 0 Å². The average Bonchev–Trinajstić information content (AvgIpc) is 2.68. The lowest BCUT2D eigenvalue weighted by Gasteiger charge is -1.96. The lowest BCUT2D eigenvalue weighted by molar-refractivity contribution is 0.480. The van der Waals surface area contributed by atoms with Gasteiger partial charge in [0.05, 0.1) is 0 Å². The summed E-state index contributed by atoms with van der Waals surface area (Å²) in [6, 6.07) is 12.9. The molecule has 0 amide bonds. The Balaban J connectivity index is 2.40. The summed E-state index contributed by atoms with van der Waals surface area (Å²) in [4.78, 5) is 2.69. The van der Waals surface area contributed by atoms with Crippen LogP contribution >= 0.6 is 0 Å². The standard InChI is InChI=1S/C12H9NO3S/c14-17(15,16)12-7-10-5-8-3-1-2-4-9(8)6-11(10)13-12/h1-7,13H,(H,14,15,16). The Hall–Kier alpha value is -1.85. The number of fused-ring (bicyclic) bond motifs is 2. The van der Waals surface area contributed by atoms with Crippen LogP contribution in [0.3, 0.4) is 0 Å². The van der Waals surface area contributed by atoms with E-state index in [-0.39, 0.29) is 5.03 Å². The lowest BCUT2D eigenvalue weighted by atomic mass is 10.1. The summed E-state index contributed by atoms with van der Waals surface area (Å²) in [6.07, 6.45) is 0. The predicted octanol–water partition coefficient (Wildman–Crippen LogP) is 2.57. The molecule has 3 rings (SSSR count). The molecule has 5 heteroatoms. The van der Waals surface area contributed by atoms with Gasteiger partial charge in [-0.2, -0.15) is 8.42 Å². The molecule has 4 nitrogen and oxygen atoms in total. The second kappa shape index (κ2) is 3.32. The summed E-state index contributed by atoms with van der Waals surface area (Å²) < 4.78 is 31.0. The van der Waals surface area contributed by atoms with Crippen molar-refractivity contribution in [3.8, 4) is 0 Å². The number of rotatable bonds is 1. The highest BCUT2D eigenvalue weighted by molar-refractivity contribution is 7.85. The molecule has 0 bridgehead atoms. The fraction of sp³-hybridized carbons (Fsp3) is 0. The Labute approximate surface area is 97.6 Å². The molecule has 0 unspecified atom stereocenters. The first-order valence-corrected chi connectivity index (χ1v) is 6.47. The summed E-state index contributed by atoms with van der Waals surface area (Å²) in [5, 5.41) is 2.63. The van der Waals surface area contributed by atoms with E-state index in [4.69, 9.17) is 4.55 Å². The van der Waals surface area contributed by atoms with E-state index in [0.717, 1.165) is 16.2 Å². The second-order valence-corrected chi connectivity index (χ2v) is 5.29. The van der Waals surface area contributed by atoms with Gasteiger partial charge in [0.1, 0.15) is 0 Å². The monoisotopic (exact) mass is 247 g/mol. The van der Waals surface area contributed by atoms with E-state index in [2.05, 4.69) is 4.98 Å². The molecule has 17 heavy (non-hydrogen) atoms. The molecular weight excluding hydrogens is 238 g/mol. The molecule has 2 aromatic carbocycles. The van der Waals surface area contributed by atoms with E-state index in [1.54, 1.807) is 0 Å². The van der Waals surface area contributed by atoms with Crippen molar-refractivity contribution in [2.24, 2.45) is 0 Å². The molecule has 0 saturated carbocycles. The van der Waals surface area contributed by atoms with Crippen LogP contribution in [-0.2, 0) is 10.1 Å². The van der Waals surface area contributed by atoms with Crippen molar-refractivity contribution in [2.75, 3.05) is 0 Å². The van der Waals surface area contributed by atoms with E-state index in [0.29, 0.717) is 5.52 Å². The van der Waals surface area contributed by atoms with Crippen molar-refractivity contribution in [3.05, 3.63) is 42.5 Å². The van der Waals surface area contributed by atoms with Crippen LogP contribution in [-0.4, -0.2) is 18.0 Å². The minimum absolute atomic E-state index is 0.178. The highest BCUT2D eigenvalue weighted by Gasteiger charge is 2.13. The van der Waals surface area contributed by atoms with Crippen LogP contribution in [0.4, 0.5) is 0 Å². The average molecular weight is 247 g/mol. The molecule has 0 radical (unpaired) electrons. The van der Waals surface area contributed by atoms with Crippen LogP contribution in [0.15, 0.2) is 47.5 Å². The highest BCUT2D eigenvalue weighted by atomic mass is 32.2. The Morgan fingerprint density at radius 3 is 2.24 bits per heavy atom. The van der Waals surface area contributed by atoms with Crippen LogP contribution in [0.2, 0.25) is 0 Å². The van der Waals surface area contributed by atoms with Crippen LogP contribution in [0.25, 0.3) is 21.7 Å². The number of nitrogens with one attached hydrogen (secondary N) is 1. The van der Waals surface area contributed by atoms with Crippen molar-refractivity contribution >= 4 is 31.8 Å². The van der Waals surface area contributed by atoms with Gasteiger partial charge in [-0.3, -0.25) is 4.55 Å². The number of H-pyrrole nitrogens is 1. The molecule has 0 saturated heterocycles. The van der Waals surface area contributed by atoms with Gasteiger partial charge in [-0.15, -0.1) is 0 Å². The Morgan fingerprint density at radius 1 is 0.941 bits per heavy atom. The predicted molar refractivity (Wildman–Crippen MR) is 65.6 cm³/mol. The molecule has 0 aliphatic heterocycles. The third kappa shape index (κ3) is 1.69. The number of benzene rings is 2. The number of aromatic amines is 1. The van der Waals surface area contributed by atoms with Crippen molar-refractivity contribution in [1.29, 1.82) is 0 Å². The van der Waals surface area contributed by atoms with Crippen LogP contribution in [0, 0.1) is 0 Å². The van der Waals surface area contributed by atoms with E-state index in [1.807, 2.05) is 36.4 Å². The SMILES string of the molecule is O=S(=O)(O)c1cc2cc3ccccc3cc2[nH]1. The molecule has 86 valence electrons. The molecule has 0 aliphatic carbocycles. The summed E-state index contributed by atoms with van der Waals surface area (Å²) in [5.74, 6) is 0. The van der Waals surface area contributed by atoms with Crippen molar-refractivity contribution in [3.63, 3.8) is 0 Å². The van der Waals surface area contributed by atoms with Gasteiger partial charge in [0.15, 0.2) is 5.03 Å². The van der Waals surface area contributed by atoms with E-state index >= 15 is 0 Å². The van der Waals surface area contributed by atoms with Gasteiger partial charge in [-0.05, 0) is 29.0 Å². The maximum atomic E-state index is 11.0. The minimum Gasteiger partial charge on any atom is -0.344 e. The Bertz CT molecular complexity index is 766. The number of aromatic nitrogens is 1. The molecule has 0 atom stereocenters. The van der Waals surface area contributed by atoms with Crippen LogP contribution in [0.1, 0.15) is 0 Å². The zero-order valence-electron chi connectivity index (χ0n) is 8.71. The van der Waals surface area contributed by atoms with Gasteiger partial charge < -0.3 is 4.98 Å². The van der Waals surface area contributed by atoms with Gasteiger partial charge in [0.25, 0.3) is 0 Å². The van der Waals surface area contributed by atoms with Crippen molar-refractivity contribution < 1.29 is 13.0 Å². The largest absolute Gasteiger partial charge is 0.344 e. The normalized spacial score (nSPS) is 12.3. The third-order valence-corrected chi connectivity index (χ3v) is 3.52. The first-order chi connectivity index (χ1) is 8.04. The molecule has 0 fully saturated rings. The van der Waals surface area contributed by atoms with E-state index in [9.17, 15) is 8.42 Å². The topological polar surface area (TPSA) is 70.2 Å². The first-order valence-electron chi connectivity index (χ1n) is 5.03. The van der Waals surface area contributed by atoms with Crippen molar-refractivity contribution in [2.45, 2.75) is 5.03 Å². The van der Waals surface area contributed by atoms with E-state index < -0.39 is 10.1 Å². The van der Waals surface area contributed by atoms with Gasteiger partial charge >= 0.3 is 10.1 Å². The summed E-state index contributed by atoms with van der Waals surface area (Å²) in [5.41, 5.74) is 0.691. The van der Waals surface area contributed by atoms with Gasteiger partial charge in [0, 0.05) is 10.9 Å². The smallest absolute Gasteiger partial charge is 0.310 e. The van der Waals surface area contributed by atoms with Crippen LogP contribution in [0.5, 0.6) is 0 Å². The summed E-state index contributed by atoms with van der Waals surface area (Å²) in [6.45, 7) is 0. The molecule has 1 heterocycles. The summed E-state index contributed by atoms with van der Waals surface area (Å²) >= 11 is 0. The Kier molecular flexibility index (Phi) is 2.01. The zero-order chi connectivity index (χ0) is 12.0. The lowest BCUT2D eigenvalue weighted by Crippen LogP contribution is -1.97. The first kappa shape index (κ1) is 10.3. The number of hydrogen-bond donors (Lipinski definition) is 2. The maximum absolute atomic E-state index is 11.0. The molecule has 0 aliphatic rings. The van der Waals surface area contributed by atoms with E-state index in [1.165, 1.54) is 6.07 Å². The van der Waals surface area contributed by atoms with Gasteiger partial charge in [-0.1, -0.05) is 24.3 Å². The highest BCUT2D eigenvalue weighted by Crippen LogP contribution is 2.24. The summed E-state index contributed by atoms with van der Waals surface area (Å²) in [7, 11) is -4.18. The molecular formula is C12H9NO3S. The van der Waals surface area contributed by atoms with Gasteiger partial charge in [-0.25, -0.2) is 0 Å². The molecule has 3 aromatic rings. The zero-order valence-corrected chi connectivity index (χ0v) is 9.53. The molecule has 2 N–H and O–H groups in total. The molecule has 0 spiro atoms. The molecule has 1 aromatic heterocycles. The van der Waals surface area contributed by atoms with Crippen molar-refractivity contribution in [1.82, 2.24) is 4.98 Å². The van der Waals surface area contributed by atoms with Crippen LogP contribution < -0.4 is 0 Å². The fourth-order valence-corrected chi connectivity index (χ4v) is 2.45. The fourth-order valence-electron chi connectivity index (χ4n) is 1.93. The Morgan fingerprint density at radius 2 is 1.59 bits per heavy atom. The quantitative estimate of drug-likeness (QED) is 0.649. The second-order valence-electron chi connectivity index (χ2n) is 3.90. The maximum Gasteiger partial charge on any atom is 0.310 e. The third-order valence-electron chi connectivity index (χ3n) is 2.74.